The van der Waals surface area contributed by atoms with E-state index in [0.717, 1.165) is 38.0 Å². The first-order valence-corrected chi connectivity index (χ1v) is 12.4. The van der Waals surface area contributed by atoms with Crippen LogP contribution in [0.4, 0.5) is 8.78 Å². The number of carbonyl (C=O) groups excluding carboxylic acids is 1. The SMILES string of the molecule is O=C(NC1C=CC(OC(F)F)=NC1C1CCN(C/C=C/c2ccc(Cl)cc2)CC1)c1ccnc(Cl)c1. The molecule has 0 saturated carbocycles. The fourth-order valence-electron chi connectivity index (χ4n) is 4.43. The minimum Gasteiger partial charge on any atom is -0.417 e. The van der Waals surface area contributed by atoms with Gasteiger partial charge in [-0.2, -0.15) is 8.78 Å². The van der Waals surface area contributed by atoms with Crippen LogP contribution >= 0.6 is 23.2 Å². The number of aliphatic imine (C=N–C) groups is 1. The number of pyridine rings is 1. The Morgan fingerprint density at radius 2 is 1.94 bits per heavy atom. The maximum atomic E-state index is 12.8. The molecule has 0 radical (unpaired) electrons. The van der Waals surface area contributed by atoms with Crippen molar-refractivity contribution in [1.29, 1.82) is 0 Å². The third-order valence-electron chi connectivity index (χ3n) is 6.25. The molecule has 10 heteroatoms. The molecule has 0 bridgehead atoms. The van der Waals surface area contributed by atoms with Gasteiger partial charge < -0.3 is 10.1 Å². The molecule has 0 spiro atoms. The molecular weight excluding hydrogens is 509 g/mol. The Balaban J connectivity index is 1.38. The normalized spacial score (nSPS) is 21.1. The number of piperidine rings is 1. The van der Waals surface area contributed by atoms with Crippen LogP contribution in [0.2, 0.25) is 10.2 Å². The average molecular weight is 535 g/mol. The molecule has 1 aromatic carbocycles. The molecule has 3 heterocycles. The van der Waals surface area contributed by atoms with Crippen molar-refractivity contribution in [3.63, 3.8) is 0 Å². The van der Waals surface area contributed by atoms with Crippen LogP contribution < -0.4 is 5.32 Å². The number of dihydropyridines is 1. The number of hydrogen-bond acceptors (Lipinski definition) is 5. The first-order valence-electron chi connectivity index (χ1n) is 11.6. The number of likely N-dealkylation sites (tertiary alicyclic amines) is 1. The maximum Gasteiger partial charge on any atom is 0.388 e. The second kappa shape index (κ2) is 12.4. The van der Waals surface area contributed by atoms with Gasteiger partial charge in [-0.15, -0.1) is 0 Å². The van der Waals surface area contributed by atoms with E-state index in [4.69, 9.17) is 23.2 Å². The molecule has 2 aromatic rings. The molecule has 190 valence electrons. The number of hydrogen-bond donors (Lipinski definition) is 1. The van der Waals surface area contributed by atoms with Crippen LogP contribution in [0.1, 0.15) is 28.8 Å². The zero-order chi connectivity index (χ0) is 25.5. The molecule has 2 unspecified atom stereocenters. The van der Waals surface area contributed by atoms with E-state index < -0.39 is 18.7 Å². The summed E-state index contributed by atoms with van der Waals surface area (Å²) in [6, 6.07) is 9.80. The lowest BCUT2D eigenvalue weighted by Gasteiger charge is -2.37. The average Bonchev–Trinajstić information content (AvgIpc) is 2.86. The molecule has 6 nitrogen and oxygen atoms in total. The van der Waals surface area contributed by atoms with E-state index in [0.29, 0.717) is 10.6 Å². The molecule has 4 rings (SSSR count). The van der Waals surface area contributed by atoms with E-state index in [9.17, 15) is 13.6 Å². The molecule has 2 aliphatic rings. The van der Waals surface area contributed by atoms with E-state index in [1.807, 2.05) is 24.3 Å². The van der Waals surface area contributed by atoms with Crippen molar-refractivity contribution in [3.05, 3.63) is 82.1 Å². The van der Waals surface area contributed by atoms with Gasteiger partial charge in [0.05, 0.1) is 12.1 Å². The van der Waals surface area contributed by atoms with E-state index >= 15 is 0 Å². The van der Waals surface area contributed by atoms with Gasteiger partial charge in [-0.25, -0.2) is 9.98 Å². The number of rotatable bonds is 7. The lowest BCUT2D eigenvalue weighted by Crippen LogP contribution is -2.49. The van der Waals surface area contributed by atoms with E-state index in [1.165, 1.54) is 18.3 Å². The van der Waals surface area contributed by atoms with Crippen molar-refractivity contribution in [1.82, 2.24) is 15.2 Å². The van der Waals surface area contributed by atoms with Crippen LogP contribution in [0, 0.1) is 5.92 Å². The van der Waals surface area contributed by atoms with Gasteiger partial charge in [0.1, 0.15) is 5.15 Å². The smallest absolute Gasteiger partial charge is 0.388 e. The Labute approximate surface area is 218 Å². The summed E-state index contributed by atoms with van der Waals surface area (Å²) in [5, 5.41) is 3.87. The monoisotopic (exact) mass is 534 g/mol. The van der Waals surface area contributed by atoms with Crippen molar-refractivity contribution in [2.24, 2.45) is 10.9 Å². The molecule has 1 aromatic heterocycles. The van der Waals surface area contributed by atoms with Gasteiger partial charge in [-0.3, -0.25) is 9.69 Å². The van der Waals surface area contributed by atoms with Gasteiger partial charge >= 0.3 is 6.61 Å². The van der Waals surface area contributed by atoms with Crippen molar-refractivity contribution >= 4 is 41.1 Å². The summed E-state index contributed by atoms with van der Waals surface area (Å²) >= 11 is 11.8. The summed E-state index contributed by atoms with van der Waals surface area (Å²) in [5.74, 6) is -0.369. The standard InChI is InChI=1S/C26H26Cl2F2N4O2/c27-20-5-3-17(4-6-20)2-1-13-34-14-10-18(11-15-34)24-21(7-8-23(33-24)36-26(29)30)32-25(35)19-9-12-31-22(28)16-19/h1-9,12,16,18,21,24,26H,10-11,13-15H2,(H,32,35)/b2-1+. The Morgan fingerprint density at radius 1 is 1.19 bits per heavy atom. The summed E-state index contributed by atoms with van der Waals surface area (Å²) in [5.41, 5.74) is 1.45. The number of aromatic nitrogens is 1. The van der Waals surface area contributed by atoms with Crippen LogP contribution in [0.3, 0.4) is 0 Å². The van der Waals surface area contributed by atoms with Crippen molar-refractivity contribution in [2.45, 2.75) is 31.5 Å². The number of benzene rings is 1. The number of halogens is 4. The van der Waals surface area contributed by atoms with Crippen molar-refractivity contribution in [3.8, 4) is 0 Å². The zero-order valence-electron chi connectivity index (χ0n) is 19.4. The number of nitrogens with one attached hydrogen (secondary N) is 1. The molecule has 2 aliphatic heterocycles. The summed E-state index contributed by atoms with van der Waals surface area (Å²) in [6.07, 6.45) is 10.3. The Bertz CT molecular complexity index is 1130. The van der Waals surface area contributed by atoms with Gasteiger partial charge in [0.15, 0.2) is 0 Å². The molecule has 1 saturated heterocycles. The number of carbonyl (C=O) groups is 1. The van der Waals surface area contributed by atoms with E-state index in [1.54, 1.807) is 12.1 Å². The minimum atomic E-state index is -2.96. The molecule has 1 amide bonds. The highest BCUT2D eigenvalue weighted by Crippen LogP contribution is 2.28. The molecule has 2 atom stereocenters. The summed E-state index contributed by atoms with van der Waals surface area (Å²) < 4.78 is 30.2. The summed E-state index contributed by atoms with van der Waals surface area (Å²) in [4.78, 5) is 23.5. The number of nitrogens with zero attached hydrogens (tertiary/aromatic N) is 3. The van der Waals surface area contributed by atoms with E-state index in [-0.39, 0.29) is 22.9 Å². The predicted octanol–water partition coefficient (Wildman–Crippen LogP) is 5.49. The Kier molecular flexibility index (Phi) is 9.07. The van der Waals surface area contributed by atoms with Crippen LogP contribution in [0.5, 0.6) is 0 Å². The summed E-state index contributed by atoms with van der Waals surface area (Å²) in [6.45, 7) is -0.506. The van der Waals surface area contributed by atoms with E-state index in [2.05, 4.69) is 37.1 Å². The number of amides is 1. The predicted molar refractivity (Wildman–Crippen MR) is 138 cm³/mol. The molecule has 1 N–H and O–H groups in total. The highest BCUT2D eigenvalue weighted by Gasteiger charge is 2.34. The highest BCUT2D eigenvalue weighted by molar-refractivity contribution is 6.30. The number of alkyl halides is 2. The second-order valence-electron chi connectivity index (χ2n) is 8.65. The lowest BCUT2D eigenvalue weighted by molar-refractivity contribution is -0.0601. The number of ether oxygens (including phenoxy) is 1. The van der Waals surface area contributed by atoms with Gasteiger partial charge in [0.2, 0.25) is 5.90 Å². The molecule has 36 heavy (non-hydrogen) atoms. The van der Waals surface area contributed by atoms with Crippen LogP contribution in [-0.2, 0) is 4.74 Å². The summed E-state index contributed by atoms with van der Waals surface area (Å²) in [7, 11) is 0. The Morgan fingerprint density at radius 3 is 2.64 bits per heavy atom. The molecule has 0 aliphatic carbocycles. The third kappa shape index (κ3) is 7.35. The maximum absolute atomic E-state index is 12.8. The van der Waals surface area contributed by atoms with Crippen molar-refractivity contribution in [2.75, 3.05) is 19.6 Å². The largest absolute Gasteiger partial charge is 0.417 e. The first kappa shape index (κ1) is 26.3. The van der Waals surface area contributed by atoms with Crippen LogP contribution in [-0.4, -0.2) is 60.0 Å². The highest BCUT2D eigenvalue weighted by atomic mass is 35.5. The zero-order valence-corrected chi connectivity index (χ0v) is 20.9. The lowest BCUT2D eigenvalue weighted by atomic mass is 9.84. The topological polar surface area (TPSA) is 66.8 Å². The van der Waals surface area contributed by atoms with Gasteiger partial charge in [0, 0.05) is 23.3 Å². The third-order valence-corrected chi connectivity index (χ3v) is 6.70. The van der Waals surface area contributed by atoms with Crippen molar-refractivity contribution < 1.29 is 18.3 Å². The minimum absolute atomic E-state index is 0.0917. The quantitative estimate of drug-likeness (QED) is 0.477. The molecular formula is C26H26Cl2F2N4O2. The van der Waals surface area contributed by atoms with Gasteiger partial charge in [0.25, 0.3) is 5.91 Å². The van der Waals surface area contributed by atoms with Crippen LogP contribution in [0.25, 0.3) is 6.08 Å². The molecule has 1 fully saturated rings. The fourth-order valence-corrected chi connectivity index (χ4v) is 4.73. The first-order chi connectivity index (χ1) is 17.4. The fraction of sp³-hybridized carbons (Fsp3) is 0.346. The van der Waals surface area contributed by atoms with Gasteiger partial charge in [-0.1, -0.05) is 53.6 Å². The van der Waals surface area contributed by atoms with Gasteiger partial charge in [-0.05, 0) is 67.8 Å². The van der Waals surface area contributed by atoms with Crippen LogP contribution in [0.15, 0.2) is 65.8 Å². The Hall–Kier alpha value is -2.81. The second-order valence-corrected chi connectivity index (χ2v) is 9.48.